The Morgan fingerprint density at radius 2 is 1.65 bits per heavy atom. The summed E-state index contributed by atoms with van der Waals surface area (Å²) >= 11 is 11.5. The number of hydrogen-bond donors (Lipinski definition) is 3. The van der Waals surface area contributed by atoms with E-state index in [0.717, 1.165) is 24.3 Å². The largest absolute Gasteiger partial charge is 0.423 e. The second-order valence-electron chi connectivity index (χ2n) is 7.26. The quantitative estimate of drug-likeness (QED) is 0.371. The molecule has 0 saturated carbocycles. The van der Waals surface area contributed by atoms with Crippen molar-refractivity contribution in [2.24, 2.45) is 0 Å². The molecular formula is C21H20Cl2F6N2O3. The van der Waals surface area contributed by atoms with Crippen molar-refractivity contribution in [1.29, 1.82) is 0 Å². The van der Waals surface area contributed by atoms with Gasteiger partial charge in [0.05, 0.1) is 18.7 Å². The van der Waals surface area contributed by atoms with Gasteiger partial charge in [-0.1, -0.05) is 29.3 Å². The lowest BCUT2D eigenvalue weighted by atomic mass is 9.92. The van der Waals surface area contributed by atoms with E-state index in [-0.39, 0.29) is 34.3 Å². The number of hydrogen-bond acceptors (Lipinski definition) is 4. The van der Waals surface area contributed by atoms with Gasteiger partial charge in [-0.25, -0.2) is 0 Å². The average molecular weight is 533 g/mol. The van der Waals surface area contributed by atoms with Crippen LogP contribution in [-0.2, 0) is 27.9 Å². The summed E-state index contributed by atoms with van der Waals surface area (Å²) in [6.07, 6.45) is -10.1. The van der Waals surface area contributed by atoms with Crippen LogP contribution in [0, 0.1) is 0 Å². The fourth-order valence-electron chi connectivity index (χ4n) is 2.97. The van der Waals surface area contributed by atoms with Crippen LogP contribution in [0.4, 0.5) is 32.0 Å². The van der Waals surface area contributed by atoms with E-state index in [2.05, 4.69) is 10.6 Å². The van der Waals surface area contributed by atoms with Gasteiger partial charge in [0.2, 0.25) is 11.5 Å². The number of amides is 1. The molecule has 3 N–H and O–H groups in total. The number of methoxy groups -OCH3 is 1. The molecule has 1 atom stereocenters. The lowest BCUT2D eigenvalue weighted by Gasteiger charge is -2.32. The third kappa shape index (κ3) is 7.14. The minimum Gasteiger partial charge on any atom is -0.384 e. The average Bonchev–Trinajstić information content (AvgIpc) is 2.72. The van der Waals surface area contributed by atoms with Crippen LogP contribution in [0.2, 0.25) is 10.0 Å². The Hall–Kier alpha value is -2.21. The predicted octanol–water partition coefficient (Wildman–Crippen LogP) is 5.53. The van der Waals surface area contributed by atoms with E-state index in [1.54, 1.807) is 0 Å². The van der Waals surface area contributed by atoms with Gasteiger partial charge in [-0.2, -0.15) is 26.3 Å². The zero-order valence-corrected chi connectivity index (χ0v) is 19.1. The summed E-state index contributed by atoms with van der Waals surface area (Å²) in [5, 5.41) is 14.6. The molecule has 0 saturated heterocycles. The Balaban J connectivity index is 2.30. The number of carbonyl (C=O) groups is 1. The summed E-state index contributed by atoms with van der Waals surface area (Å²) < 4.78 is 86.6. The maximum atomic E-state index is 13.7. The van der Waals surface area contributed by atoms with Crippen molar-refractivity contribution in [2.45, 2.75) is 30.9 Å². The molecule has 5 nitrogen and oxygen atoms in total. The molecule has 0 bridgehead atoms. The Labute approximate surface area is 201 Å². The lowest BCUT2D eigenvalue weighted by Crippen LogP contribution is -2.47. The maximum absolute atomic E-state index is 13.7. The second-order valence-corrected chi connectivity index (χ2v) is 8.13. The van der Waals surface area contributed by atoms with Gasteiger partial charge in [-0.3, -0.25) is 4.79 Å². The van der Waals surface area contributed by atoms with Crippen molar-refractivity contribution < 1.29 is 41.0 Å². The molecule has 2 aromatic rings. The minimum absolute atomic E-state index is 0.0545. The fourth-order valence-corrected chi connectivity index (χ4v) is 3.50. The van der Waals surface area contributed by atoms with Crippen molar-refractivity contribution in [1.82, 2.24) is 5.32 Å². The van der Waals surface area contributed by atoms with Gasteiger partial charge in [-0.15, -0.1) is 0 Å². The van der Waals surface area contributed by atoms with Crippen LogP contribution in [0.15, 0.2) is 36.4 Å². The minimum atomic E-state index is -5.21. The summed E-state index contributed by atoms with van der Waals surface area (Å²) in [7, 11) is 1.36. The first-order valence-electron chi connectivity index (χ1n) is 9.62. The topological polar surface area (TPSA) is 70.6 Å². The fraction of sp³-hybridized carbons (Fsp3) is 0.381. The summed E-state index contributed by atoms with van der Waals surface area (Å²) in [5.41, 5.74) is -5.98. The molecule has 0 heterocycles. The van der Waals surface area contributed by atoms with Gasteiger partial charge in [0.1, 0.15) is 0 Å². The van der Waals surface area contributed by atoms with Crippen LogP contribution in [0.1, 0.15) is 23.1 Å². The number of nitrogens with one attached hydrogen (secondary N) is 2. The standard InChI is InChI=1S/C21H20Cl2F6N2O3/c1-34-5-4-18(32)30-10-12-2-3-16(9-17(12)20(24,25)26)31-11-19(33,21(27,28)29)13-6-14(22)8-15(23)7-13/h2-3,6-9,31,33H,4-5,10-11H2,1H3,(H,30,32)/t19-/m0/s1. The highest BCUT2D eigenvalue weighted by Gasteiger charge is 2.55. The summed E-state index contributed by atoms with van der Waals surface area (Å²) in [4.78, 5) is 11.7. The molecular weight excluding hydrogens is 513 g/mol. The van der Waals surface area contributed by atoms with Crippen LogP contribution in [-0.4, -0.2) is 37.5 Å². The van der Waals surface area contributed by atoms with Gasteiger partial charge >= 0.3 is 12.4 Å². The molecule has 1 amide bonds. The molecule has 188 valence electrons. The normalized spacial score (nSPS) is 13.9. The van der Waals surface area contributed by atoms with Gasteiger partial charge in [0.25, 0.3) is 0 Å². The first-order chi connectivity index (χ1) is 15.7. The summed E-state index contributed by atoms with van der Waals surface area (Å²) in [6.45, 7) is -1.59. The van der Waals surface area contributed by atoms with E-state index in [4.69, 9.17) is 27.9 Å². The van der Waals surface area contributed by atoms with E-state index < -0.39 is 48.1 Å². The van der Waals surface area contributed by atoms with Crippen molar-refractivity contribution in [3.8, 4) is 0 Å². The zero-order valence-electron chi connectivity index (χ0n) is 17.6. The number of ether oxygens (including phenoxy) is 1. The van der Waals surface area contributed by atoms with Crippen LogP contribution >= 0.6 is 23.2 Å². The molecule has 34 heavy (non-hydrogen) atoms. The smallest absolute Gasteiger partial charge is 0.384 e. The first-order valence-corrected chi connectivity index (χ1v) is 10.4. The van der Waals surface area contributed by atoms with E-state index in [0.29, 0.717) is 6.07 Å². The van der Waals surface area contributed by atoms with Gasteiger partial charge < -0.3 is 20.5 Å². The van der Waals surface area contributed by atoms with Crippen molar-refractivity contribution >= 4 is 34.8 Å². The summed E-state index contributed by atoms with van der Waals surface area (Å²) in [6, 6.07) is 5.61. The third-order valence-electron chi connectivity index (χ3n) is 4.78. The molecule has 2 aromatic carbocycles. The maximum Gasteiger partial charge on any atom is 0.423 e. The molecule has 0 radical (unpaired) electrons. The van der Waals surface area contributed by atoms with E-state index in [1.165, 1.54) is 13.2 Å². The van der Waals surface area contributed by atoms with Crippen molar-refractivity contribution in [2.75, 3.05) is 25.6 Å². The lowest BCUT2D eigenvalue weighted by molar-refractivity contribution is -0.260. The van der Waals surface area contributed by atoms with Crippen LogP contribution < -0.4 is 10.6 Å². The number of carbonyl (C=O) groups excluding carboxylic acids is 1. The monoisotopic (exact) mass is 532 g/mol. The van der Waals surface area contributed by atoms with Crippen LogP contribution in [0.25, 0.3) is 0 Å². The molecule has 0 aliphatic carbocycles. The van der Waals surface area contributed by atoms with Crippen LogP contribution in [0.3, 0.4) is 0 Å². The molecule has 0 aliphatic rings. The zero-order chi connectivity index (χ0) is 25.7. The third-order valence-corrected chi connectivity index (χ3v) is 5.22. The molecule has 13 heteroatoms. The Morgan fingerprint density at radius 1 is 1.03 bits per heavy atom. The van der Waals surface area contributed by atoms with Crippen molar-refractivity contribution in [3.63, 3.8) is 0 Å². The van der Waals surface area contributed by atoms with E-state index >= 15 is 0 Å². The van der Waals surface area contributed by atoms with Crippen LogP contribution in [0.5, 0.6) is 0 Å². The highest BCUT2D eigenvalue weighted by atomic mass is 35.5. The molecule has 0 spiro atoms. The molecule has 0 aromatic heterocycles. The highest BCUT2D eigenvalue weighted by molar-refractivity contribution is 6.34. The first kappa shape index (κ1) is 28.0. The number of rotatable bonds is 9. The number of aliphatic hydroxyl groups is 1. The molecule has 0 fully saturated rings. The molecule has 0 unspecified atom stereocenters. The van der Waals surface area contributed by atoms with Gasteiger partial charge in [0, 0.05) is 35.8 Å². The predicted molar refractivity (Wildman–Crippen MR) is 115 cm³/mol. The Kier molecular flexibility index (Phi) is 9.09. The van der Waals surface area contributed by atoms with Gasteiger partial charge in [0.15, 0.2) is 0 Å². The van der Waals surface area contributed by atoms with Crippen molar-refractivity contribution in [3.05, 3.63) is 63.1 Å². The Bertz CT molecular complexity index is 997. The number of benzene rings is 2. The number of halogens is 8. The SMILES string of the molecule is COCCC(=O)NCc1ccc(NC[C@](O)(c2cc(Cl)cc(Cl)c2)C(F)(F)F)cc1C(F)(F)F. The van der Waals surface area contributed by atoms with Gasteiger partial charge in [-0.05, 0) is 41.5 Å². The van der Waals surface area contributed by atoms with E-state index in [1.807, 2.05) is 0 Å². The number of anilines is 1. The molecule has 2 rings (SSSR count). The van der Waals surface area contributed by atoms with E-state index in [9.17, 15) is 36.2 Å². The summed E-state index contributed by atoms with van der Waals surface area (Å²) in [5.74, 6) is -0.535. The second kappa shape index (κ2) is 11.0. The Morgan fingerprint density at radius 3 is 2.18 bits per heavy atom. The number of alkyl halides is 6. The highest BCUT2D eigenvalue weighted by Crippen LogP contribution is 2.41. The molecule has 0 aliphatic heterocycles.